The summed E-state index contributed by atoms with van der Waals surface area (Å²) in [6, 6.07) is 14.2. The van der Waals surface area contributed by atoms with Gasteiger partial charge in [0.25, 0.3) is 5.91 Å². The molecule has 1 aliphatic rings. The molecule has 0 aliphatic carbocycles. The van der Waals surface area contributed by atoms with Gasteiger partial charge in [0.2, 0.25) is 5.91 Å². The van der Waals surface area contributed by atoms with Crippen LogP contribution in [-0.4, -0.2) is 29.4 Å². The Balaban J connectivity index is 1.74. The number of nitrogens with one attached hydrogen (secondary N) is 1. The number of ether oxygens (including phenoxy) is 1. The molecule has 1 N–H and O–H groups in total. The first-order valence-corrected chi connectivity index (χ1v) is 8.03. The highest BCUT2D eigenvalue weighted by molar-refractivity contribution is 6.03. The monoisotopic (exact) mass is 324 g/mol. The van der Waals surface area contributed by atoms with Crippen LogP contribution in [0.1, 0.15) is 29.8 Å². The molecule has 2 aromatic carbocycles. The zero-order chi connectivity index (χ0) is 17.1. The number of hydrogen-bond acceptors (Lipinski definition) is 3. The summed E-state index contributed by atoms with van der Waals surface area (Å²) in [5.41, 5.74) is 2.24. The van der Waals surface area contributed by atoms with E-state index in [1.807, 2.05) is 37.3 Å². The van der Waals surface area contributed by atoms with Crippen LogP contribution in [0, 0.1) is 0 Å². The van der Waals surface area contributed by atoms with Gasteiger partial charge in [-0.05, 0) is 37.6 Å². The Hall–Kier alpha value is -2.82. The fourth-order valence-electron chi connectivity index (χ4n) is 2.82. The number of fused-ring (bicyclic) bond motifs is 1. The lowest BCUT2D eigenvalue weighted by atomic mass is 10.1. The molecule has 124 valence electrons. The minimum atomic E-state index is -0.570. The number of hydrogen-bond donors (Lipinski definition) is 1. The number of nitrogens with zero attached hydrogens (tertiary/aromatic N) is 1. The molecule has 2 amide bonds. The van der Waals surface area contributed by atoms with Crippen molar-refractivity contribution in [1.82, 2.24) is 4.90 Å². The highest BCUT2D eigenvalue weighted by Crippen LogP contribution is 2.27. The van der Waals surface area contributed by atoms with Gasteiger partial charge in [-0.2, -0.15) is 0 Å². The number of amides is 2. The number of rotatable bonds is 5. The summed E-state index contributed by atoms with van der Waals surface area (Å²) in [5, 5.41) is 2.86. The summed E-state index contributed by atoms with van der Waals surface area (Å²) in [4.78, 5) is 26.7. The van der Waals surface area contributed by atoms with E-state index in [9.17, 15) is 9.59 Å². The van der Waals surface area contributed by atoms with Crippen LogP contribution in [0.15, 0.2) is 48.5 Å². The minimum absolute atomic E-state index is 0.105. The quantitative estimate of drug-likeness (QED) is 0.919. The molecule has 0 bridgehead atoms. The van der Waals surface area contributed by atoms with E-state index < -0.39 is 6.04 Å². The summed E-state index contributed by atoms with van der Waals surface area (Å²) < 4.78 is 5.52. The molecule has 1 atom stereocenters. The number of carbonyl (C=O) groups excluding carboxylic acids is 2. The van der Waals surface area contributed by atoms with E-state index in [0.29, 0.717) is 30.2 Å². The molecular formula is C19H20N2O3. The molecule has 0 radical (unpaired) electrons. The van der Waals surface area contributed by atoms with Crippen molar-refractivity contribution >= 4 is 17.5 Å². The molecule has 0 unspecified atom stereocenters. The Morgan fingerprint density at radius 2 is 1.92 bits per heavy atom. The lowest BCUT2D eigenvalue weighted by Gasteiger charge is -2.23. The Morgan fingerprint density at radius 1 is 1.21 bits per heavy atom. The fraction of sp³-hybridized carbons (Fsp3) is 0.263. The van der Waals surface area contributed by atoms with E-state index in [2.05, 4.69) is 5.32 Å². The number of para-hydroxylation sites is 2. The van der Waals surface area contributed by atoms with Crippen molar-refractivity contribution in [1.29, 1.82) is 0 Å². The first-order chi connectivity index (χ1) is 11.6. The zero-order valence-corrected chi connectivity index (χ0v) is 13.8. The van der Waals surface area contributed by atoms with E-state index in [4.69, 9.17) is 4.74 Å². The lowest BCUT2D eigenvalue weighted by Crippen LogP contribution is -2.42. The summed E-state index contributed by atoms with van der Waals surface area (Å²) in [6.45, 7) is 4.60. The summed E-state index contributed by atoms with van der Waals surface area (Å²) >= 11 is 0. The van der Waals surface area contributed by atoms with Crippen LogP contribution < -0.4 is 10.1 Å². The number of anilines is 1. The van der Waals surface area contributed by atoms with Crippen molar-refractivity contribution in [2.75, 3.05) is 11.9 Å². The average molecular weight is 324 g/mol. The second-order valence-electron chi connectivity index (χ2n) is 5.68. The van der Waals surface area contributed by atoms with Crippen LogP contribution in [0.3, 0.4) is 0 Å². The molecule has 5 heteroatoms. The van der Waals surface area contributed by atoms with Gasteiger partial charge in [0.05, 0.1) is 12.3 Å². The molecule has 2 aromatic rings. The van der Waals surface area contributed by atoms with Gasteiger partial charge in [0.15, 0.2) is 0 Å². The SMILES string of the molecule is CCOc1ccccc1NC(=O)[C@H](C)N1Cc2ccccc2C1=O. The smallest absolute Gasteiger partial charge is 0.255 e. The van der Waals surface area contributed by atoms with Crippen LogP contribution >= 0.6 is 0 Å². The normalized spacial score (nSPS) is 14.2. The Kier molecular flexibility index (Phi) is 4.51. The maximum atomic E-state index is 12.6. The van der Waals surface area contributed by atoms with Crippen molar-refractivity contribution in [2.45, 2.75) is 26.4 Å². The fourth-order valence-corrected chi connectivity index (χ4v) is 2.82. The molecule has 0 saturated carbocycles. The predicted molar refractivity (Wildman–Crippen MR) is 92.0 cm³/mol. The van der Waals surface area contributed by atoms with Crippen molar-refractivity contribution < 1.29 is 14.3 Å². The molecule has 0 saturated heterocycles. The molecule has 0 spiro atoms. The number of benzene rings is 2. The van der Waals surface area contributed by atoms with Gasteiger partial charge in [-0.15, -0.1) is 0 Å². The lowest BCUT2D eigenvalue weighted by molar-refractivity contribution is -0.120. The molecule has 0 aromatic heterocycles. The molecule has 1 heterocycles. The van der Waals surface area contributed by atoms with Crippen LogP contribution in [0.25, 0.3) is 0 Å². The molecule has 24 heavy (non-hydrogen) atoms. The number of carbonyl (C=O) groups is 2. The average Bonchev–Trinajstić information content (AvgIpc) is 2.93. The standard InChI is InChI=1S/C19H20N2O3/c1-3-24-17-11-7-6-10-16(17)20-18(22)13(2)21-12-14-8-4-5-9-15(14)19(21)23/h4-11,13H,3,12H2,1-2H3,(H,20,22)/t13-/m0/s1. The summed E-state index contributed by atoms with van der Waals surface area (Å²) in [7, 11) is 0. The highest BCUT2D eigenvalue weighted by Gasteiger charge is 2.33. The van der Waals surface area contributed by atoms with E-state index in [1.165, 1.54) is 0 Å². The van der Waals surface area contributed by atoms with Crippen molar-refractivity contribution in [2.24, 2.45) is 0 Å². The maximum absolute atomic E-state index is 12.6. The third-order valence-electron chi connectivity index (χ3n) is 4.14. The van der Waals surface area contributed by atoms with Crippen molar-refractivity contribution in [3.8, 4) is 5.75 Å². The summed E-state index contributed by atoms with van der Waals surface area (Å²) in [5.74, 6) is 0.284. The van der Waals surface area contributed by atoms with E-state index in [0.717, 1.165) is 5.56 Å². The largest absolute Gasteiger partial charge is 0.492 e. The van der Waals surface area contributed by atoms with Crippen molar-refractivity contribution in [3.05, 3.63) is 59.7 Å². The predicted octanol–water partition coefficient (Wildman–Crippen LogP) is 3.07. The Labute approximate surface area is 141 Å². The van der Waals surface area contributed by atoms with Gasteiger partial charge in [-0.1, -0.05) is 30.3 Å². The third kappa shape index (κ3) is 2.97. The Bertz CT molecular complexity index is 773. The van der Waals surface area contributed by atoms with Gasteiger partial charge < -0.3 is 15.0 Å². The second kappa shape index (κ2) is 6.74. The second-order valence-corrected chi connectivity index (χ2v) is 5.68. The van der Waals surface area contributed by atoms with Crippen LogP contribution in [0.5, 0.6) is 5.75 Å². The molecule has 0 fully saturated rings. The molecule has 5 nitrogen and oxygen atoms in total. The van der Waals surface area contributed by atoms with Gasteiger partial charge in [-0.3, -0.25) is 9.59 Å². The first kappa shape index (κ1) is 16.1. The van der Waals surface area contributed by atoms with Gasteiger partial charge in [0, 0.05) is 12.1 Å². The minimum Gasteiger partial charge on any atom is -0.492 e. The molecule has 1 aliphatic heterocycles. The zero-order valence-electron chi connectivity index (χ0n) is 13.8. The van der Waals surface area contributed by atoms with E-state index >= 15 is 0 Å². The Morgan fingerprint density at radius 3 is 2.67 bits per heavy atom. The van der Waals surface area contributed by atoms with Gasteiger partial charge >= 0.3 is 0 Å². The van der Waals surface area contributed by atoms with Gasteiger partial charge in [-0.25, -0.2) is 0 Å². The van der Waals surface area contributed by atoms with E-state index in [-0.39, 0.29) is 11.8 Å². The summed E-state index contributed by atoms with van der Waals surface area (Å²) in [6.07, 6.45) is 0. The maximum Gasteiger partial charge on any atom is 0.255 e. The van der Waals surface area contributed by atoms with Crippen molar-refractivity contribution in [3.63, 3.8) is 0 Å². The molecule has 3 rings (SSSR count). The van der Waals surface area contributed by atoms with Gasteiger partial charge in [0.1, 0.15) is 11.8 Å². The van der Waals surface area contributed by atoms with E-state index in [1.54, 1.807) is 30.0 Å². The molecular weight excluding hydrogens is 304 g/mol. The highest BCUT2D eigenvalue weighted by atomic mass is 16.5. The van der Waals surface area contributed by atoms with Crippen LogP contribution in [-0.2, 0) is 11.3 Å². The van der Waals surface area contributed by atoms with Crippen LogP contribution in [0.4, 0.5) is 5.69 Å². The topological polar surface area (TPSA) is 58.6 Å². The first-order valence-electron chi connectivity index (χ1n) is 8.03. The van der Waals surface area contributed by atoms with Crippen LogP contribution in [0.2, 0.25) is 0 Å². The third-order valence-corrected chi connectivity index (χ3v) is 4.14.